The van der Waals surface area contributed by atoms with Crippen LogP contribution in [0.2, 0.25) is 0 Å². The first-order chi connectivity index (χ1) is 9.74. The predicted octanol–water partition coefficient (Wildman–Crippen LogP) is 1.49. The highest BCUT2D eigenvalue weighted by Gasteiger charge is 2.10. The maximum atomic E-state index is 10.5. The smallest absolute Gasteiger partial charge is 0.207 e. The van der Waals surface area contributed by atoms with Crippen LogP contribution in [0.4, 0.5) is 0 Å². The number of rotatable bonds is 10. The lowest BCUT2D eigenvalue weighted by Crippen LogP contribution is -2.36. The van der Waals surface area contributed by atoms with Crippen molar-refractivity contribution in [3.63, 3.8) is 0 Å². The molecule has 0 aliphatic heterocycles. The average molecular weight is 280 g/mol. The highest BCUT2D eigenvalue weighted by Crippen LogP contribution is 2.28. The molecule has 1 aromatic rings. The third kappa shape index (κ3) is 5.09. The number of ether oxygens (including phenoxy) is 2. The van der Waals surface area contributed by atoms with Gasteiger partial charge < -0.3 is 20.5 Å². The van der Waals surface area contributed by atoms with Gasteiger partial charge in [0.2, 0.25) is 6.41 Å². The first kappa shape index (κ1) is 16.3. The maximum absolute atomic E-state index is 10.5. The lowest BCUT2D eigenvalue weighted by molar-refractivity contribution is -0.110. The van der Waals surface area contributed by atoms with Crippen LogP contribution in [0, 0.1) is 0 Å². The molecule has 0 bridgehead atoms. The van der Waals surface area contributed by atoms with Crippen LogP contribution < -0.4 is 20.5 Å². The third-order valence-corrected chi connectivity index (χ3v) is 3.05. The Morgan fingerprint density at radius 1 is 1.40 bits per heavy atom. The van der Waals surface area contributed by atoms with E-state index in [9.17, 15) is 4.79 Å². The molecule has 1 unspecified atom stereocenters. The zero-order valence-corrected chi connectivity index (χ0v) is 12.2. The van der Waals surface area contributed by atoms with Crippen LogP contribution in [0.1, 0.15) is 25.3 Å². The van der Waals surface area contributed by atoms with Crippen molar-refractivity contribution in [2.24, 2.45) is 5.73 Å². The molecule has 1 aromatic carbocycles. The number of amides is 1. The number of hydrogen-bond acceptors (Lipinski definition) is 4. The first-order valence-electron chi connectivity index (χ1n) is 6.94. The van der Waals surface area contributed by atoms with Crippen molar-refractivity contribution in [3.8, 4) is 11.5 Å². The molecule has 0 saturated carbocycles. The molecule has 0 aliphatic carbocycles. The summed E-state index contributed by atoms with van der Waals surface area (Å²) in [6.45, 7) is 3.19. The molecule has 0 radical (unpaired) electrons. The summed E-state index contributed by atoms with van der Waals surface area (Å²) >= 11 is 0. The summed E-state index contributed by atoms with van der Waals surface area (Å²) in [5.41, 5.74) is 6.68. The van der Waals surface area contributed by atoms with E-state index in [4.69, 9.17) is 15.2 Å². The van der Waals surface area contributed by atoms with Gasteiger partial charge in [0, 0.05) is 12.6 Å². The van der Waals surface area contributed by atoms with E-state index in [0.29, 0.717) is 26.0 Å². The Bertz CT molecular complexity index is 410. The van der Waals surface area contributed by atoms with E-state index in [0.717, 1.165) is 29.9 Å². The van der Waals surface area contributed by atoms with E-state index < -0.39 is 0 Å². The normalized spacial score (nSPS) is 11.8. The van der Waals surface area contributed by atoms with Crippen molar-refractivity contribution in [2.45, 2.75) is 32.2 Å². The Balaban J connectivity index is 2.76. The number of hydrogen-bond donors (Lipinski definition) is 2. The lowest BCUT2D eigenvalue weighted by atomic mass is 10.1. The SMILES string of the molecule is CCCCOc1cc(CC(CN)NC=O)ccc1OC. The van der Waals surface area contributed by atoms with Gasteiger partial charge in [-0.25, -0.2) is 0 Å². The molecule has 1 rings (SSSR count). The van der Waals surface area contributed by atoms with Gasteiger partial charge in [0.15, 0.2) is 11.5 Å². The summed E-state index contributed by atoms with van der Waals surface area (Å²) in [6.07, 6.45) is 3.44. The largest absolute Gasteiger partial charge is 0.493 e. The molecule has 20 heavy (non-hydrogen) atoms. The summed E-state index contributed by atoms with van der Waals surface area (Å²) in [5.74, 6) is 1.46. The number of carbonyl (C=O) groups is 1. The zero-order valence-electron chi connectivity index (χ0n) is 12.2. The molecule has 0 saturated heterocycles. The van der Waals surface area contributed by atoms with Gasteiger partial charge in [-0.3, -0.25) is 4.79 Å². The van der Waals surface area contributed by atoms with Gasteiger partial charge in [-0.2, -0.15) is 0 Å². The van der Waals surface area contributed by atoms with Gasteiger partial charge in [0.25, 0.3) is 0 Å². The fourth-order valence-electron chi connectivity index (χ4n) is 1.88. The fraction of sp³-hybridized carbons (Fsp3) is 0.533. The van der Waals surface area contributed by atoms with Crippen LogP contribution in [0.25, 0.3) is 0 Å². The summed E-state index contributed by atoms with van der Waals surface area (Å²) in [4.78, 5) is 10.5. The molecule has 0 spiro atoms. The predicted molar refractivity (Wildman–Crippen MR) is 79.1 cm³/mol. The van der Waals surface area contributed by atoms with Crippen molar-refractivity contribution >= 4 is 6.41 Å². The Labute approximate surface area is 120 Å². The minimum Gasteiger partial charge on any atom is -0.493 e. The first-order valence-corrected chi connectivity index (χ1v) is 6.94. The van der Waals surface area contributed by atoms with Gasteiger partial charge >= 0.3 is 0 Å². The molecule has 1 atom stereocenters. The third-order valence-electron chi connectivity index (χ3n) is 3.05. The Kier molecular flexibility index (Phi) is 7.50. The second-order valence-corrected chi connectivity index (χ2v) is 4.61. The van der Waals surface area contributed by atoms with Gasteiger partial charge in [-0.1, -0.05) is 19.4 Å². The number of nitrogens with one attached hydrogen (secondary N) is 1. The molecule has 5 heteroatoms. The van der Waals surface area contributed by atoms with Gasteiger partial charge in [-0.05, 0) is 30.5 Å². The van der Waals surface area contributed by atoms with E-state index in [1.54, 1.807) is 7.11 Å². The molecule has 3 N–H and O–H groups in total. The quantitative estimate of drug-likeness (QED) is 0.503. The number of benzene rings is 1. The molecule has 0 heterocycles. The van der Waals surface area contributed by atoms with Crippen molar-refractivity contribution in [1.82, 2.24) is 5.32 Å². The highest BCUT2D eigenvalue weighted by molar-refractivity contribution is 5.47. The van der Waals surface area contributed by atoms with Crippen LogP contribution in [-0.4, -0.2) is 32.7 Å². The van der Waals surface area contributed by atoms with E-state index in [1.807, 2.05) is 18.2 Å². The van der Waals surface area contributed by atoms with E-state index >= 15 is 0 Å². The molecule has 0 aliphatic rings. The topological polar surface area (TPSA) is 73.6 Å². The number of nitrogens with two attached hydrogens (primary N) is 1. The summed E-state index contributed by atoms with van der Waals surface area (Å²) < 4.78 is 11.0. The standard InChI is InChI=1S/C15H24N2O3/c1-3-4-7-20-15-9-12(5-6-14(15)19-2)8-13(10-16)17-11-18/h5-6,9,11,13H,3-4,7-8,10,16H2,1-2H3,(H,17,18). The van der Waals surface area contributed by atoms with Crippen molar-refractivity contribution in [3.05, 3.63) is 23.8 Å². The average Bonchev–Trinajstić information content (AvgIpc) is 2.47. The van der Waals surface area contributed by atoms with Crippen molar-refractivity contribution < 1.29 is 14.3 Å². The Hall–Kier alpha value is -1.75. The number of unbranched alkanes of at least 4 members (excludes halogenated alkanes) is 1. The fourth-order valence-corrected chi connectivity index (χ4v) is 1.88. The molecule has 5 nitrogen and oxygen atoms in total. The van der Waals surface area contributed by atoms with Crippen LogP contribution in [0.3, 0.4) is 0 Å². The summed E-state index contributed by atoms with van der Waals surface area (Å²) in [7, 11) is 1.62. The second kappa shape index (κ2) is 9.20. The summed E-state index contributed by atoms with van der Waals surface area (Å²) in [5, 5.41) is 2.70. The highest BCUT2D eigenvalue weighted by atomic mass is 16.5. The zero-order chi connectivity index (χ0) is 14.8. The van der Waals surface area contributed by atoms with Gasteiger partial charge in [0.1, 0.15) is 0 Å². The van der Waals surface area contributed by atoms with Gasteiger partial charge in [0.05, 0.1) is 13.7 Å². The van der Waals surface area contributed by atoms with Gasteiger partial charge in [-0.15, -0.1) is 0 Å². The van der Waals surface area contributed by atoms with E-state index in [1.165, 1.54) is 0 Å². The molecule has 112 valence electrons. The molecular weight excluding hydrogens is 256 g/mol. The second-order valence-electron chi connectivity index (χ2n) is 4.61. The van der Waals surface area contributed by atoms with Crippen LogP contribution >= 0.6 is 0 Å². The minimum absolute atomic E-state index is 0.0654. The summed E-state index contributed by atoms with van der Waals surface area (Å²) in [6, 6.07) is 5.72. The molecular formula is C15H24N2O3. The number of methoxy groups -OCH3 is 1. The van der Waals surface area contributed by atoms with Crippen molar-refractivity contribution in [2.75, 3.05) is 20.3 Å². The molecule has 0 fully saturated rings. The Morgan fingerprint density at radius 3 is 2.80 bits per heavy atom. The Morgan fingerprint density at radius 2 is 2.20 bits per heavy atom. The molecule has 1 amide bonds. The maximum Gasteiger partial charge on any atom is 0.207 e. The van der Waals surface area contributed by atoms with Crippen LogP contribution in [0.15, 0.2) is 18.2 Å². The van der Waals surface area contributed by atoms with E-state index in [-0.39, 0.29) is 6.04 Å². The number of carbonyl (C=O) groups excluding carboxylic acids is 1. The van der Waals surface area contributed by atoms with E-state index in [2.05, 4.69) is 12.2 Å². The van der Waals surface area contributed by atoms with Crippen LogP contribution in [0.5, 0.6) is 11.5 Å². The molecule has 0 aromatic heterocycles. The lowest BCUT2D eigenvalue weighted by Gasteiger charge is -2.16. The van der Waals surface area contributed by atoms with Crippen molar-refractivity contribution in [1.29, 1.82) is 0 Å². The van der Waals surface area contributed by atoms with Crippen LogP contribution in [-0.2, 0) is 11.2 Å². The minimum atomic E-state index is -0.0654. The monoisotopic (exact) mass is 280 g/mol.